The van der Waals surface area contributed by atoms with Crippen LogP contribution in [0.3, 0.4) is 0 Å². The largest absolute Gasteiger partial charge is 0.496 e. The second-order valence-corrected chi connectivity index (χ2v) is 5.74. The number of amides is 1. The van der Waals surface area contributed by atoms with Crippen LogP contribution in [0.25, 0.3) is 0 Å². The number of aromatic nitrogens is 1. The molecule has 0 aliphatic heterocycles. The Hall–Kier alpha value is -2.47. The molecule has 0 atom stereocenters. The molecule has 0 unspecified atom stereocenters. The van der Waals surface area contributed by atoms with Gasteiger partial charge < -0.3 is 21.1 Å². The van der Waals surface area contributed by atoms with Gasteiger partial charge in [-0.2, -0.15) is 0 Å². The second kappa shape index (κ2) is 8.40. The van der Waals surface area contributed by atoms with Crippen LogP contribution in [0.15, 0.2) is 30.5 Å². The van der Waals surface area contributed by atoms with Gasteiger partial charge in [-0.05, 0) is 31.0 Å². The maximum atomic E-state index is 12.2. The highest BCUT2D eigenvalue weighted by Crippen LogP contribution is 2.28. The molecule has 0 bridgehead atoms. The summed E-state index contributed by atoms with van der Waals surface area (Å²) in [6, 6.07) is 6.98. The molecule has 0 radical (unpaired) electrons. The van der Waals surface area contributed by atoms with Gasteiger partial charge >= 0.3 is 0 Å². The smallest absolute Gasteiger partial charge is 0.255 e. The lowest BCUT2D eigenvalue weighted by atomic mass is 10.1. The van der Waals surface area contributed by atoms with Gasteiger partial charge in [-0.15, -0.1) is 0 Å². The summed E-state index contributed by atoms with van der Waals surface area (Å²) in [6.07, 6.45) is 2.56. The summed E-state index contributed by atoms with van der Waals surface area (Å²) < 4.78 is 5.18. The number of nitrogens with one attached hydrogen (secondary N) is 2. The first-order valence-electron chi connectivity index (χ1n) is 7.59. The van der Waals surface area contributed by atoms with Crippen molar-refractivity contribution in [3.8, 4) is 5.75 Å². The van der Waals surface area contributed by atoms with E-state index >= 15 is 0 Å². The third kappa shape index (κ3) is 4.76. The van der Waals surface area contributed by atoms with Crippen LogP contribution >= 0.6 is 11.6 Å². The van der Waals surface area contributed by atoms with Crippen molar-refractivity contribution >= 4 is 29.0 Å². The summed E-state index contributed by atoms with van der Waals surface area (Å²) in [5.41, 5.74) is 7.57. The SMILES string of the molecule is COc1cc(N)c(Cl)cc1C(=O)NCCCNc1ccc(C)cn1. The summed E-state index contributed by atoms with van der Waals surface area (Å²) in [6.45, 7) is 3.21. The molecule has 2 rings (SSSR count). The number of nitrogens with two attached hydrogens (primary N) is 1. The van der Waals surface area contributed by atoms with Crippen LogP contribution in [0.1, 0.15) is 22.3 Å². The molecule has 0 aliphatic rings. The van der Waals surface area contributed by atoms with E-state index in [0.29, 0.717) is 35.1 Å². The molecule has 128 valence electrons. The van der Waals surface area contributed by atoms with Crippen LogP contribution < -0.4 is 21.1 Å². The van der Waals surface area contributed by atoms with E-state index in [1.165, 1.54) is 13.2 Å². The van der Waals surface area contributed by atoms with Crippen molar-refractivity contribution in [3.63, 3.8) is 0 Å². The molecule has 2 aromatic rings. The van der Waals surface area contributed by atoms with Gasteiger partial charge in [0, 0.05) is 25.4 Å². The van der Waals surface area contributed by atoms with E-state index in [1.54, 1.807) is 12.3 Å². The van der Waals surface area contributed by atoms with Gasteiger partial charge in [-0.3, -0.25) is 4.79 Å². The third-order valence-electron chi connectivity index (χ3n) is 3.42. The number of methoxy groups -OCH3 is 1. The highest BCUT2D eigenvalue weighted by atomic mass is 35.5. The number of ether oxygens (including phenoxy) is 1. The summed E-state index contributed by atoms with van der Waals surface area (Å²) in [5, 5.41) is 6.36. The fourth-order valence-electron chi connectivity index (χ4n) is 2.09. The molecule has 0 saturated carbocycles. The molecule has 0 saturated heterocycles. The predicted molar refractivity (Wildman–Crippen MR) is 96.8 cm³/mol. The highest BCUT2D eigenvalue weighted by molar-refractivity contribution is 6.33. The van der Waals surface area contributed by atoms with Crippen molar-refractivity contribution in [2.24, 2.45) is 0 Å². The van der Waals surface area contributed by atoms with Crippen molar-refractivity contribution < 1.29 is 9.53 Å². The van der Waals surface area contributed by atoms with E-state index in [-0.39, 0.29) is 5.91 Å². The van der Waals surface area contributed by atoms with E-state index in [9.17, 15) is 4.79 Å². The lowest BCUT2D eigenvalue weighted by molar-refractivity contribution is 0.0950. The zero-order valence-corrected chi connectivity index (χ0v) is 14.5. The molecule has 1 amide bonds. The Kier molecular flexibility index (Phi) is 6.26. The monoisotopic (exact) mass is 348 g/mol. The summed E-state index contributed by atoms with van der Waals surface area (Å²) in [4.78, 5) is 16.5. The van der Waals surface area contributed by atoms with Gasteiger partial charge in [0.05, 0.1) is 23.4 Å². The molecule has 24 heavy (non-hydrogen) atoms. The number of nitrogens with zero attached hydrogens (tertiary/aromatic N) is 1. The van der Waals surface area contributed by atoms with Gasteiger partial charge in [0.1, 0.15) is 11.6 Å². The topological polar surface area (TPSA) is 89.3 Å². The third-order valence-corrected chi connectivity index (χ3v) is 3.75. The molecule has 1 aromatic heterocycles. The van der Waals surface area contributed by atoms with Crippen LogP contribution in [-0.2, 0) is 0 Å². The van der Waals surface area contributed by atoms with Crippen LogP contribution in [0.4, 0.5) is 11.5 Å². The Labute approximate surface area is 146 Å². The Morgan fingerprint density at radius 2 is 2.12 bits per heavy atom. The predicted octanol–water partition coefficient (Wildman–Crippen LogP) is 2.87. The van der Waals surface area contributed by atoms with Crippen molar-refractivity contribution in [1.29, 1.82) is 0 Å². The van der Waals surface area contributed by atoms with Crippen LogP contribution in [0.5, 0.6) is 5.75 Å². The van der Waals surface area contributed by atoms with Crippen LogP contribution in [0.2, 0.25) is 5.02 Å². The first-order valence-corrected chi connectivity index (χ1v) is 7.97. The fourth-order valence-corrected chi connectivity index (χ4v) is 2.25. The zero-order valence-electron chi connectivity index (χ0n) is 13.7. The van der Waals surface area contributed by atoms with Gasteiger partial charge in [0.15, 0.2) is 0 Å². The van der Waals surface area contributed by atoms with Crippen molar-refractivity contribution in [2.75, 3.05) is 31.2 Å². The van der Waals surface area contributed by atoms with Crippen molar-refractivity contribution in [3.05, 3.63) is 46.6 Å². The number of anilines is 2. The fraction of sp³-hybridized carbons (Fsp3) is 0.294. The van der Waals surface area contributed by atoms with Gasteiger partial charge in [-0.1, -0.05) is 17.7 Å². The number of nitrogen functional groups attached to an aromatic ring is 1. The number of benzene rings is 1. The Bertz CT molecular complexity index is 704. The van der Waals surface area contributed by atoms with Gasteiger partial charge in [0.25, 0.3) is 5.91 Å². The zero-order chi connectivity index (χ0) is 17.5. The van der Waals surface area contributed by atoms with E-state index in [2.05, 4.69) is 15.6 Å². The molecular formula is C17H21ClN4O2. The Balaban J connectivity index is 1.81. The number of halogens is 1. The molecular weight excluding hydrogens is 328 g/mol. The molecule has 7 heteroatoms. The molecule has 1 aromatic carbocycles. The summed E-state index contributed by atoms with van der Waals surface area (Å²) in [7, 11) is 1.48. The first kappa shape index (κ1) is 17.9. The average Bonchev–Trinajstić information content (AvgIpc) is 2.58. The molecule has 1 heterocycles. The second-order valence-electron chi connectivity index (χ2n) is 5.33. The minimum Gasteiger partial charge on any atom is -0.496 e. The summed E-state index contributed by atoms with van der Waals surface area (Å²) in [5.74, 6) is 0.970. The van der Waals surface area contributed by atoms with Crippen LogP contribution in [-0.4, -0.2) is 31.1 Å². The number of carbonyl (C=O) groups excluding carboxylic acids is 1. The normalized spacial score (nSPS) is 10.3. The molecule has 0 aliphatic carbocycles. The van der Waals surface area contributed by atoms with Crippen molar-refractivity contribution in [2.45, 2.75) is 13.3 Å². The van der Waals surface area contributed by atoms with Gasteiger partial charge in [0.2, 0.25) is 0 Å². The molecule has 0 fully saturated rings. The van der Waals surface area contributed by atoms with E-state index < -0.39 is 0 Å². The lowest BCUT2D eigenvalue weighted by Gasteiger charge is -2.11. The van der Waals surface area contributed by atoms with E-state index in [4.69, 9.17) is 22.1 Å². The number of aryl methyl sites for hydroxylation is 1. The maximum absolute atomic E-state index is 12.2. The Morgan fingerprint density at radius 1 is 1.33 bits per heavy atom. The highest BCUT2D eigenvalue weighted by Gasteiger charge is 2.14. The minimum atomic E-state index is -0.248. The number of hydrogen-bond donors (Lipinski definition) is 3. The number of carbonyl (C=O) groups is 1. The van der Waals surface area contributed by atoms with Crippen LogP contribution in [0, 0.1) is 6.92 Å². The van der Waals surface area contributed by atoms with Crippen molar-refractivity contribution in [1.82, 2.24) is 10.3 Å². The van der Waals surface area contributed by atoms with E-state index in [0.717, 1.165) is 17.8 Å². The number of hydrogen-bond acceptors (Lipinski definition) is 5. The van der Waals surface area contributed by atoms with Gasteiger partial charge in [-0.25, -0.2) is 4.98 Å². The maximum Gasteiger partial charge on any atom is 0.255 e. The standard InChI is InChI=1S/C17H21ClN4O2/c1-11-4-5-16(22-10-11)20-6-3-7-21-17(23)12-8-13(18)14(19)9-15(12)24-2/h4-5,8-10H,3,6-7,19H2,1-2H3,(H,20,22)(H,21,23). The first-order chi connectivity index (χ1) is 11.5. The minimum absolute atomic E-state index is 0.248. The molecule has 6 nitrogen and oxygen atoms in total. The number of pyridine rings is 1. The molecule has 4 N–H and O–H groups in total. The summed E-state index contributed by atoms with van der Waals surface area (Å²) >= 11 is 5.97. The van der Waals surface area contributed by atoms with E-state index in [1.807, 2.05) is 19.1 Å². The number of rotatable bonds is 7. The Morgan fingerprint density at radius 3 is 2.79 bits per heavy atom. The average molecular weight is 349 g/mol. The quantitative estimate of drug-likeness (QED) is 0.529. The molecule has 0 spiro atoms. The lowest BCUT2D eigenvalue weighted by Crippen LogP contribution is -2.26.